The van der Waals surface area contributed by atoms with Crippen LogP contribution in [0.5, 0.6) is 23.0 Å². The van der Waals surface area contributed by atoms with Crippen molar-refractivity contribution in [3.05, 3.63) is 96.6 Å². The van der Waals surface area contributed by atoms with Gasteiger partial charge in [0.1, 0.15) is 28.9 Å². The highest BCUT2D eigenvalue weighted by Gasteiger charge is 2.53. The van der Waals surface area contributed by atoms with Crippen LogP contribution in [0.15, 0.2) is 65.2 Å². The molecule has 41 heavy (non-hydrogen) atoms. The Morgan fingerprint density at radius 2 is 1.56 bits per heavy atom. The van der Waals surface area contributed by atoms with Gasteiger partial charge in [-0.2, -0.15) is 0 Å². The molecule has 0 aliphatic heterocycles. The number of para-hydroxylation sites is 1. The number of nitrogens with zero attached hydrogens (tertiary/aromatic N) is 2. The van der Waals surface area contributed by atoms with Crippen LogP contribution in [0.2, 0.25) is 0 Å². The van der Waals surface area contributed by atoms with Crippen LogP contribution in [-0.2, 0) is 14.8 Å². The van der Waals surface area contributed by atoms with Crippen molar-refractivity contribution in [2.24, 2.45) is 0 Å². The highest BCUT2D eigenvalue weighted by Crippen LogP contribution is 2.43. The van der Waals surface area contributed by atoms with Crippen LogP contribution < -0.4 is 23.7 Å². The molecule has 2 atom stereocenters. The Hall–Kier alpha value is -4.96. The number of ether oxygens (including phenoxy) is 4. The number of nitro groups is 2. The van der Waals surface area contributed by atoms with Gasteiger partial charge in [0.25, 0.3) is 5.70 Å². The molecule has 16 heteroatoms. The number of carbonyl (C=O) groups is 1. The Bertz CT molecular complexity index is 1520. The number of sulfonamides is 1. The molecular formula is C25H25N3O12S. The maximum atomic E-state index is 13.1. The van der Waals surface area contributed by atoms with Crippen molar-refractivity contribution >= 4 is 22.1 Å². The predicted octanol–water partition coefficient (Wildman–Crippen LogP) is 2.55. The molecule has 3 rings (SSSR count). The van der Waals surface area contributed by atoms with E-state index < -0.39 is 48.7 Å². The Morgan fingerprint density at radius 1 is 0.976 bits per heavy atom. The summed E-state index contributed by atoms with van der Waals surface area (Å²) in [5.74, 6) is -2.69. The van der Waals surface area contributed by atoms with Gasteiger partial charge in [-0.25, -0.2) is 13.2 Å². The van der Waals surface area contributed by atoms with E-state index in [1.54, 1.807) is 10.8 Å². The Morgan fingerprint density at radius 3 is 2.05 bits per heavy atom. The first-order valence-electron chi connectivity index (χ1n) is 11.5. The van der Waals surface area contributed by atoms with E-state index in [1.165, 1.54) is 58.8 Å². The number of rotatable bonds is 12. The van der Waals surface area contributed by atoms with Crippen molar-refractivity contribution in [3.63, 3.8) is 0 Å². The summed E-state index contributed by atoms with van der Waals surface area (Å²) in [5.41, 5.74) is -4.64. The summed E-state index contributed by atoms with van der Waals surface area (Å²) in [6, 6.07) is 8.68. The van der Waals surface area contributed by atoms with E-state index in [-0.39, 0.29) is 28.4 Å². The minimum Gasteiger partial charge on any atom is -0.496 e. The SMILES string of the molecule is COc1cc(OC)c(/C=C/S(=O)(=O)NC2([N+](=O)[O-])C=C(C(=O)O)C(c3ccccc3OC)C([N+](=O)[O-])=C2)c(OC)c1. The molecule has 0 bridgehead atoms. The number of methoxy groups -OCH3 is 4. The summed E-state index contributed by atoms with van der Waals surface area (Å²) in [5, 5.41) is 34.9. The average molecular weight is 592 g/mol. The molecule has 2 aromatic carbocycles. The minimum absolute atomic E-state index is 0.0324. The van der Waals surface area contributed by atoms with Crippen LogP contribution in [0, 0.1) is 20.2 Å². The van der Waals surface area contributed by atoms with Crippen LogP contribution in [0.4, 0.5) is 0 Å². The average Bonchev–Trinajstić information content (AvgIpc) is 2.94. The summed E-state index contributed by atoms with van der Waals surface area (Å²) in [7, 11) is 0.482. The molecule has 0 spiro atoms. The third-order valence-electron chi connectivity index (χ3n) is 6.03. The van der Waals surface area contributed by atoms with Crippen LogP contribution in [0.25, 0.3) is 6.08 Å². The molecule has 0 amide bonds. The van der Waals surface area contributed by atoms with Gasteiger partial charge in [0.15, 0.2) is 0 Å². The molecule has 0 fully saturated rings. The standard InChI is InChI=1S/C25H25N3O12S/c1-37-15-11-21(39-3)16(22(12-15)40-4)9-10-41(35,36)26-25(28(33)34)13-18(24(29)30)23(19(14-25)27(31)32)17-7-5-6-8-20(17)38-2/h5-14,23,26H,1-4H3,(H,29,30)/b10-9+. The molecule has 2 aromatic rings. The molecule has 1 aliphatic rings. The summed E-state index contributed by atoms with van der Waals surface area (Å²) in [6.07, 6.45) is 1.99. The third kappa shape index (κ3) is 6.28. The van der Waals surface area contributed by atoms with Gasteiger partial charge in [-0.15, -0.1) is 4.72 Å². The highest BCUT2D eigenvalue weighted by molar-refractivity contribution is 7.92. The third-order valence-corrected chi connectivity index (χ3v) is 7.14. The van der Waals surface area contributed by atoms with Crippen molar-refractivity contribution in [3.8, 4) is 23.0 Å². The molecule has 2 unspecified atom stereocenters. The summed E-state index contributed by atoms with van der Waals surface area (Å²) in [4.78, 5) is 34.5. The van der Waals surface area contributed by atoms with Crippen LogP contribution in [0.1, 0.15) is 17.0 Å². The van der Waals surface area contributed by atoms with Crippen molar-refractivity contribution in [2.75, 3.05) is 28.4 Å². The zero-order valence-electron chi connectivity index (χ0n) is 22.1. The fraction of sp³-hybridized carbons (Fsp3) is 0.240. The van der Waals surface area contributed by atoms with Gasteiger partial charge in [-0.05, 0) is 12.1 Å². The lowest BCUT2D eigenvalue weighted by Crippen LogP contribution is -2.53. The molecule has 218 valence electrons. The molecule has 0 saturated carbocycles. The second-order valence-electron chi connectivity index (χ2n) is 8.38. The number of nitrogens with one attached hydrogen (secondary N) is 1. The largest absolute Gasteiger partial charge is 0.496 e. The van der Waals surface area contributed by atoms with E-state index in [0.717, 1.165) is 6.08 Å². The van der Waals surface area contributed by atoms with Gasteiger partial charge in [0.2, 0.25) is 10.0 Å². The first-order chi connectivity index (χ1) is 19.3. The van der Waals surface area contributed by atoms with E-state index >= 15 is 0 Å². The lowest BCUT2D eigenvalue weighted by molar-refractivity contribution is -0.546. The second kappa shape index (κ2) is 12.1. The van der Waals surface area contributed by atoms with Gasteiger partial charge in [-0.1, -0.05) is 18.2 Å². The number of carboxylic acids is 1. The van der Waals surface area contributed by atoms with Crippen molar-refractivity contribution in [2.45, 2.75) is 11.6 Å². The first kappa shape index (κ1) is 30.6. The van der Waals surface area contributed by atoms with Gasteiger partial charge in [0, 0.05) is 29.2 Å². The predicted molar refractivity (Wildman–Crippen MR) is 143 cm³/mol. The monoisotopic (exact) mass is 591 g/mol. The summed E-state index contributed by atoms with van der Waals surface area (Å²) < 4.78 is 48.8. The van der Waals surface area contributed by atoms with Crippen molar-refractivity contribution in [1.82, 2.24) is 4.72 Å². The number of hydrogen-bond donors (Lipinski definition) is 2. The molecule has 1 aliphatic carbocycles. The molecular weight excluding hydrogens is 566 g/mol. The van der Waals surface area contributed by atoms with Gasteiger partial charge >= 0.3 is 11.6 Å². The zero-order chi connectivity index (χ0) is 30.5. The number of carboxylic acid groups (broad SMARTS) is 1. The fourth-order valence-electron chi connectivity index (χ4n) is 4.22. The van der Waals surface area contributed by atoms with E-state index in [9.17, 15) is 38.5 Å². The quantitative estimate of drug-likeness (QED) is 0.207. The summed E-state index contributed by atoms with van der Waals surface area (Å²) in [6.45, 7) is 0. The number of benzene rings is 2. The Balaban J connectivity index is 2.17. The van der Waals surface area contributed by atoms with Crippen molar-refractivity contribution in [1.29, 1.82) is 0 Å². The van der Waals surface area contributed by atoms with Gasteiger partial charge in [0.05, 0.1) is 55.5 Å². The van der Waals surface area contributed by atoms with E-state index in [0.29, 0.717) is 23.3 Å². The Labute approximate surface area is 233 Å². The second-order valence-corrected chi connectivity index (χ2v) is 9.95. The maximum Gasteiger partial charge on any atom is 0.332 e. The summed E-state index contributed by atoms with van der Waals surface area (Å²) >= 11 is 0. The van der Waals surface area contributed by atoms with E-state index in [1.807, 2.05) is 0 Å². The molecule has 0 heterocycles. The van der Waals surface area contributed by atoms with Crippen LogP contribution in [0.3, 0.4) is 0 Å². The van der Waals surface area contributed by atoms with Gasteiger partial charge < -0.3 is 24.1 Å². The van der Waals surface area contributed by atoms with Gasteiger partial charge in [-0.3, -0.25) is 20.2 Å². The first-order valence-corrected chi connectivity index (χ1v) is 13.0. The Kier molecular flexibility index (Phi) is 8.99. The fourth-order valence-corrected chi connectivity index (χ4v) is 5.25. The number of aliphatic carboxylic acids is 1. The smallest absolute Gasteiger partial charge is 0.332 e. The number of allylic oxidation sites excluding steroid dienone is 1. The normalized spacial score (nSPS) is 18.7. The number of hydrogen-bond acceptors (Lipinski definition) is 11. The van der Waals surface area contributed by atoms with Crippen LogP contribution in [-0.4, -0.2) is 63.4 Å². The lowest BCUT2D eigenvalue weighted by atomic mass is 9.81. The highest BCUT2D eigenvalue weighted by atomic mass is 32.2. The molecule has 2 N–H and O–H groups in total. The van der Waals surface area contributed by atoms with Crippen LogP contribution >= 0.6 is 0 Å². The maximum absolute atomic E-state index is 13.1. The minimum atomic E-state index is -4.79. The molecule has 0 aromatic heterocycles. The van der Waals surface area contributed by atoms with E-state index in [4.69, 9.17) is 18.9 Å². The molecule has 0 radical (unpaired) electrons. The van der Waals surface area contributed by atoms with Crippen molar-refractivity contribution < 1.29 is 47.1 Å². The molecule has 15 nitrogen and oxygen atoms in total. The topological polar surface area (TPSA) is 207 Å². The molecule has 0 saturated heterocycles. The van der Waals surface area contributed by atoms with E-state index in [2.05, 4.69) is 0 Å². The zero-order valence-corrected chi connectivity index (χ0v) is 22.9. The lowest BCUT2D eigenvalue weighted by Gasteiger charge is -2.27.